The van der Waals surface area contributed by atoms with E-state index in [2.05, 4.69) is 29.2 Å². The summed E-state index contributed by atoms with van der Waals surface area (Å²) in [5.74, 6) is 0. The molecule has 0 aliphatic rings. The number of para-hydroxylation sites is 2. The molecule has 26 heavy (non-hydrogen) atoms. The molecule has 3 rings (SSSR count). The topological polar surface area (TPSA) is 30.9 Å². The van der Waals surface area contributed by atoms with Crippen LogP contribution in [-0.4, -0.2) is 29.8 Å². The fourth-order valence-electron chi connectivity index (χ4n) is 2.83. The van der Waals surface area contributed by atoms with Gasteiger partial charge in [-0.1, -0.05) is 66.7 Å². The molecule has 0 radical (unpaired) electrons. The van der Waals surface area contributed by atoms with Crippen molar-refractivity contribution in [1.29, 1.82) is 0 Å². The molecule has 0 fully saturated rings. The van der Waals surface area contributed by atoms with Gasteiger partial charge >= 0.3 is 8.80 Å². The average Bonchev–Trinajstić information content (AvgIpc) is 2.74. The summed E-state index contributed by atoms with van der Waals surface area (Å²) in [6.07, 6.45) is 0. The van der Waals surface area contributed by atoms with Crippen LogP contribution in [0.5, 0.6) is 0 Å². The molecule has 0 amide bonds. The Labute approximate surface area is 155 Å². The van der Waals surface area contributed by atoms with Crippen LogP contribution < -0.4 is 10.1 Å². The van der Waals surface area contributed by atoms with Gasteiger partial charge in [-0.15, -0.1) is 0 Å². The van der Waals surface area contributed by atoms with E-state index in [9.17, 15) is 0 Å². The zero-order valence-corrected chi connectivity index (χ0v) is 16.0. The van der Waals surface area contributed by atoms with E-state index in [0.29, 0.717) is 6.73 Å². The second-order valence-electron chi connectivity index (χ2n) is 5.70. The van der Waals surface area contributed by atoms with Crippen molar-refractivity contribution in [3.8, 4) is 0 Å². The van der Waals surface area contributed by atoms with Gasteiger partial charge in [0.1, 0.15) is 6.73 Å². The Morgan fingerprint density at radius 1 is 0.654 bits per heavy atom. The first-order chi connectivity index (χ1) is 12.8. The number of benzene rings is 3. The first kappa shape index (κ1) is 18.4. The smallest absolute Gasteiger partial charge is 0.373 e. The fraction of sp³-hybridized carbons (Fsp3) is 0.143. The molecule has 0 heterocycles. The third kappa shape index (κ3) is 4.03. The number of hydrogen-bond acceptors (Lipinski definition) is 4. The van der Waals surface area contributed by atoms with Crippen molar-refractivity contribution < 1.29 is 13.3 Å². The average molecular weight is 366 g/mol. The molecule has 0 saturated heterocycles. The summed E-state index contributed by atoms with van der Waals surface area (Å²) in [5.41, 5.74) is 2.09. The van der Waals surface area contributed by atoms with Crippen molar-refractivity contribution in [2.75, 3.05) is 25.9 Å². The highest BCUT2D eigenvalue weighted by atomic mass is 28.4. The van der Waals surface area contributed by atoms with Crippen LogP contribution in [0.2, 0.25) is 0 Å². The van der Waals surface area contributed by atoms with Gasteiger partial charge in [-0.2, -0.15) is 0 Å². The van der Waals surface area contributed by atoms with Crippen molar-refractivity contribution >= 4 is 25.4 Å². The first-order valence-corrected chi connectivity index (χ1v) is 10.2. The van der Waals surface area contributed by atoms with Crippen LogP contribution in [0, 0.1) is 0 Å². The molecule has 0 spiro atoms. The summed E-state index contributed by atoms with van der Waals surface area (Å²) in [4.78, 5) is 2.10. The van der Waals surface area contributed by atoms with E-state index < -0.39 is 8.80 Å². The van der Waals surface area contributed by atoms with Gasteiger partial charge in [0.05, 0.1) is 0 Å². The minimum Gasteiger partial charge on any atom is -0.373 e. The molecule has 0 atom stereocenters. The number of rotatable bonds is 8. The molecule has 0 aromatic heterocycles. The van der Waals surface area contributed by atoms with E-state index in [1.54, 1.807) is 14.2 Å². The maximum atomic E-state index is 6.31. The summed E-state index contributed by atoms with van der Waals surface area (Å²) in [7, 11) is 0.284. The zero-order chi connectivity index (χ0) is 18.2. The largest absolute Gasteiger partial charge is 0.538 e. The van der Waals surface area contributed by atoms with Gasteiger partial charge in [-0.3, -0.25) is 0 Å². The van der Waals surface area contributed by atoms with Crippen molar-refractivity contribution in [3.63, 3.8) is 0 Å². The van der Waals surface area contributed by atoms with Crippen molar-refractivity contribution in [2.45, 2.75) is 0 Å². The van der Waals surface area contributed by atoms with Gasteiger partial charge in [0.25, 0.3) is 0 Å². The quantitative estimate of drug-likeness (QED) is 0.447. The van der Waals surface area contributed by atoms with E-state index in [1.165, 1.54) is 0 Å². The summed E-state index contributed by atoms with van der Waals surface area (Å²) in [5, 5.41) is 0.936. The second kappa shape index (κ2) is 8.78. The summed E-state index contributed by atoms with van der Waals surface area (Å²) >= 11 is 0. The lowest BCUT2D eigenvalue weighted by Crippen LogP contribution is -2.56. The molecule has 5 heteroatoms. The first-order valence-electron chi connectivity index (χ1n) is 8.46. The van der Waals surface area contributed by atoms with Crippen LogP contribution >= 0.6 is 0 Å². The highest BCUT2D eigenvalue weighted by Crippen LogP contribution is 2.25. The molecular weight excluding hydrogens is 342 g/mol. The Balaban J connectivity index is 1.89. The molecule has 0 aliphatic heterocycles. The summed E-state index contributed by atoms with van der Waals surface area (Å²) in [6, 6.07) is 30.1. The highest BCUT2D eigenvalue weighted by Gasteiger charge is 2.42. The summed E-state index contributed by atoms with van der Waals surface area (Å²) in [6.45, 7) is 0.316. The van der Waals surface area contributed by atoms with E-state index >= 15 is 0 Å². The van der Waals surface area contributed by atoms with Gasteiger partial charge in [0, 0.05) is 30.8 Å². The molecule has 0 N–H and O–H groups in total. The number of nitrogens with zero attached hydrogens (tertiary/aromatic N) is 1. The monoisotopic (exact) mass is 365 g/mol. The van der Waals surface area contributed by atoms with Crippen LogP contribution in [0.4, 0.5) is 11.4 Å². The van der Waals surface area contributed by atoms with Crippen LogP contribution in [0.3, 0.4) is 0 Å². The van der Waals surface area contributed by atoms with Crippen LogP contribution in [0.15, 0.2) is 91.0 Å². The molecule has 4 nitrogen and oxygen atoms in total. The molecule has 0 saturated carbocycles. The van der Waals surface area contributed by atoms with E-state index in [4.69, 9.17) is 13.3 Å². The molecule has 3 aromatic carbocycles. The van der Waals surface area contributed by atoms with E-state index in [-0.39, 0.29) is 0 Å². The van der Waals surface area contributed by atoms with Crippen LogP contribution in [-0.2, 0) is 13.3 Å². The lowest BCUT2D eigenvalue weighted by Gasteiger charge is -2.31. The standard InChI is InChI=1S/C21H23NO3Si/c1-23-26(24-2,21-16-10-5-11-17-21)25-18-22(19-12-6-3-7-13-19)20-14-8-4-9-15-20/h3-17H,18H2,1-2H3. The van der Waals surface area contributed by atoms with Crippen LogP contribution in [0.1, 0.15) is 0 Å². The van der Waals surface area contributed by atoms with Crippen molar-refractivity contribution in [1.82, 2.24) is 0 Å². The lowest BCUT2D eigenvalue weighted by molar-refractivity contribution is 0.116. The van der Waals surface area contributed by atoms with Crippen molar-refractivity contribution in [3.05, 3.63) is 91.0 Å². The predicted octanol–water partition coefficient (Wildman–Crippen LogP) is 3.94. The number of hydrogen-bond donors (Lipinski definition) is 0. The normalized spacial score (nSPS) is 11.3. The molecular formula is C21H23NO3Si. The lowest BCUT2D eigenvalue weighted by atomic mass is 10.2. The molecule has 0 bridgehead atoms. The van der Waals surface area contributed by atoms with Gasteiger partial charge in [-0.25, -0.2) is 0 Å². The molecule has 3 aromatic rings. The van der Waals surface area contributed by atoms with Crippen molar-refractivity contribution in [2.24, 2.45) is 0 Å². The second-order valence-corrected chi connectivity index (χ2v) is 8.50. The fourth-order valence-corrected chi connectivity index (χ4v) is 4.77. The Morgan fingerprint density at radius 2 is 1.08 bits per heavy atom. The Hall–Kier alpha value is -2.44. The van der Waals surface area contributed by atoms with E-state index in [0.717, 1.165) is 16.6 Å². The Kier molecular flexibility index (Phi) is 6.20. The van der Waals surface area contributed by atoms with Crippen LogP contribution in [0.25, 0.3) is 0 Å². The molecule has 0 aliphatic carbocycles. The SMILES string of the molecule is CO[Si](OC)(OCN(c1ccccc1)c1ccccc1)c1ccccc1. The third-order valence-corrected chi connectivity index (χ3v) is 6.81. The predicted molar refractivity (Wildman–Crippen MR) is 107 cm³/mol. The van der Waals surface area contributed by atoms with Gasteiger partial charge in [-0.05, 0) is 24.3 Å². The third-order valence-electron chi connectivity index (χ3n) is 4.18. The Bertz CT molecular complexity index is 741. The minimum absolute atomic E-state index is 0.316. The highest BCUT2D eigenvalue weighted by molar-refractivity contribution is 6.75. The summed E-state index contributed by atoms with van der Waals surface area (Å²) < 4.78 is 17.8. The van der Waals surface area contributed by atoms with Gasteiger partial charge in [0.2, 0.25) is 0 Å². The maximum Gasteiger partial charge on any atom is 0.538 e. The van der Waals surface area contributed by atoms with Gasteiger partial charge < -0.3 is 18.2 Å². The van der Waals surface area contributed by atoms with E-state index in [1.807, 2.05) is 66.7 Å². The maximum absolute atomic E-state index is 6.31. The van der Waals surface area contributed by atoms with Gasteiger partial charge in [0.15, 0.2) is 0 Å². The zero-order valence-electron chi connectivity index (χ0n) is 15.0. The number of anilines is 2. The molecule has 0 unspecified atom stereocenters. The molecule has 134 valence electrons. The minimum atomic E-state index is -2.99. The Morgan fingerprint density at radius 3 is 1.50 bits per heavy atom.